The predicted octanol–water partition coefficient (Wildman–Crippen LogP) is 3.43. The Morgan fingerprint density at radius 3 is 2.28 bits per heavy atom. The van der Waals surface area contributed by atoms with E-state index in [0.29, 0.717) is 13.2 Å². The maximum absolute atomic E-state index is 9.40. The van der Waals surface area contributed by atoms with Crippen LogP contribution in [0.2, 0.25) is 0 Å². The molecule has 2 nitrogen and oxygen atoms in total. The molecule has 96 valence electrons. The first-order chi connectivity index (χ1) is 8.55. The molecule has 2 heteroatoms. The standard InChI is InChI=1S/C16H21NO/c1-5-14(8-17)16(9-18-10-16)15-7-12(3)11(2)6-13(15)4/h6-7,14H,5,9-10H2,1-4H3. The highest BCUT2D eigenvalue weighted by molar-refractivity contribution is 5.43. The van der Waals surface area contributed by atoms with Crippen molar-refractivity contribution in [1.29, 1.82) is 5.26 Å². The van der Waals surface area contributed by atoms with Gasteiger partial charge in [-0.15, -0.1) is 0 Å². The number of rotatable bonds is 3. The summed E-state index contributed by atoms with van der Waals surface area (Å²) in [4.78, 5) is 0. The highest BCUT2D eigenvalue weighted by Gasteiger charge is 2.47. The molecule has 0 saturated carbocycles. The monoisotopic (exact) mass is 243 g/mol. The minimum Gasteiger partial charge on any atom is -0.379 e. The number of nitrogens with zero attached hydrogens (tertiary/aromatic N) is 1. The molecule has 0 aliphatic carbocycles. The van der Waals surface area contributed by atoms with Crippen molar-refractivity contribution in [3.63, 3.8) is 0 Å². The van der Waals surface area contributed by atoms with E-state index >= 15 is 0 Å². The lowest BCUT2D eigenvalue weighted by Gasteiger charge is -2.46. The molecule has 1 unspecified atom stereocenters. The van der Waals surface area contributed by atoms with Gasteiger partial charge in [0.05, 0.1) is 30.6 Å². The minimum atomic E-state index is -0.0773. The molecule has 1 heterocycles. The van der Waals surface area contributed by atoms with Crippen LogP contribution >= 0.6 is 0 Å². The Hall–Kier alpha value is -1.33. The Kier molecular flexibility index (Phi) is 3.45. The van der Waals surface area contributed by atoms with E-state index in [1.807, 2.05) is 0 Å². The topological polar surface area (TPSA) is 33.0 Å². The quantitative estimate of drug-likeness (QED) is 0.814. The van der Waals surface area contributed by atoms with E-state index in [-0.39, 0.29) is 11.3 Å². The normalized spacial score (nSPS) is 18.8. The van der Waals surface area contributed by atoms with Gasteiger partial charge in [0.25, 0.3) is 0 Å². The van der Waals surface area contributed by atoms with Gasteiger partial charge in [-0.3, -0.25) is 0 Å². The first-order valence-electron chi connectivity index (χ1n) is 6.61. The first-order valence-corrected chi connectivity index (χ1v) is 6.61. The van der Waals surface area contributed by atoms with Crippen molar-refractivity contribution in [1.82, 2.24) is 0 Å². The fourth-order valence-corrected chi connectivity index (χ4v) is 2.97. The predicted molar refractivity (Wildman–Crippen MR) is 72.5 cm³/mol. The maximum atomic E-state index is 9.40. The van der Waals surface area contributed by atoms with Crippen LogP contribution in [0.15, 0.2) is 12.1 Å². The summed E-state index contributed by atoms with van der Waals surface area (Å²) in [5.74, 6) is 0.0482. The van der Waals surface area contributed by atoms with E-state index in [9.17, 15) is 5.26 Å². The largest absolute Gasteiger partial charge is 0.379 e. The summed E-state index contributed by atoms with van der Waals surface area (Å²) in [6.07, 6.45) is 0.881. The lowest BCUT2D eigenvalue weighted by atomic mass is 9.66. The van der Waals surface area contributed by atoms with Gasteiger partial charge in [-0.05, 0) is 49.4 Å². The van der Waals surface area contributed by atoms with Gasteiger partial charge in [0, 0.05) is 0 Å². The molecule has 1 fully saturated rings. The molecule has 0 aromatic heterocycles. The van der Waals surface area contributed by atoms with Gasteiger partial charge in [0.15, 0.2) is 0 Å². The number of aryl methyl sites for hydroxylation is 3. The van der Waals surface area contributed by atoms with Gasteiger partial charge >= 0.3 is 0 Å². The Morgan fingerprint density at radius 2 is 1.83 bits per heavy atom. The molecule has 2 rings (SSSR count). The average Bonchev–Trinajstić information content (AvgIpc) is 2.29. The number of benzene rings is 1. The molecular weight excluding hydrogens is 222 g/mol. The fourth-order valence-electron chi connectivity index (χ4n) is 2.97. The molecule has 1 saturated heterocycles. The van der Waals surface area contributed by atoms with Gasteiger partial charge in [-0.1, -0.05) is 19.1 Å². The maximum Gasteiger partial charge on any atom is 0.0666 e. The van der Waals surface area contributed by atoms with Crippen molar-refractivity contribution in [2.45, 2.75) is 39.5 Å². The van der Waals surface area contributed by atoms with Crippen molar-refractivity contribution < 1.29 is 4.74 Å². The third-order valence-electron chi connectivity index (χ3n) is 4.33. The zero-order valence-corrected chi connectivity index (χ0v) is 11.7. The van der Waals surface area contributed by atoms with Crippen LogP contribution < -0.4 is 0 Å². The van der Waals surface area contributed by atoms with Crippen LogP contribution in [0.25, 0.3) is 0 Å². The Labute approximate surface area is 110 Å². The molecule has 1 aliphatic heterocycles. The lowest BCUT2D eigenvalue weighted by molar-refractivity contribution is -0.0808. The lowest BCUT2D eigenvalue weighted by Crippen LogP contribution is -2.52. The van der Waals surface area contributed by atoms with Gasteiger partial charge in [0.1, 0.15) is 0 Å². The van der Waals surface area contributed by atoms with Gasteiger partial charge in [-0.2, -0.15) is 5.26 Å². The minimum absolute atomic E-state index is 0.0482. The van der Waals surface area contributed by atoms with Crippen LogP contribution in [0, 0.1) is 38.0 Å². The highest BCUT2D eigenvalue weighted by atomic mass is 16.5. The molecule has 1 aromatic carbocycles. The van der Waals surface area contributed by atoms with Crippen molar-refractivity contribution in [3.05, 3.63) is 34.4 Å². The van der Waals surface area contributed by atoms with Crippen LogP contribution in [0.4, 0.5) is 0 Å². The molecule has 0 N–H and O–H groups in total. The van der Waals surface area contributed by atoms with Crippen LogP contribution in [0.3, 0.4) is 0 Å². The highest BCUT2D eigenvalue weighted by Crippen LogP contribution is 2.42. The smallest absolute Gasteiger partial charge is 0.0666 e. The van der Waals surface area contributed by atoms with Crippen molar-refractivity contribution in [2.24, 2.45) is 5.92 Å². The summed E-state index contributed by atoms with van der Waals surface area (Å²) in [6, 6.07) is 6.96. The SMILES string of the molecule is CCC(C#N)C1(c2cc(C)c(C)cc2C)COC1. The number of hydrogen-bond acceptors (Lipinski definition) is 2. The van der Waals surface area contributed by atoms with Gasteiger partial charge < -0.3 is 4.74 Å². The molecule has 0 radical (unpaired) electrons. The van der Waals surface area contributed by atoms with E-state index in [2.05, 4.69) is 45.9 Å². The summed E-state index contributed by atoms with van der Waals surface area (Å²) >= 11 is 0. The summed E-state index contributed by atoms with van der Waals surface area (Å²) in [7, 11) is 0. The summed E-state index contributed by atoms with van der Waals surface area (Å²) in [5, 5.41) is 9.40. The number of hydrogen-bond donors (Lipinski definition) is 0. The third-order valence-corrected chi connectivity index (χ3v) is 4.33. The zero-order valence-electron chi connectivity index (χ0n) is 11.7. The first kappa shape index (κ1) is 13.1. The van der Waals surface area contributed by atoms with Crippen LogP contribution in [-0.2, 0) is 10.2 Å². The Balaban J connectivity index is 2.52. The molecular formula is C16H21NO. The molecule has 1 aromatic rings. The molecule has 0 amide bonds. The van der Waals surface area contributed by atoms with E-state index in [1.165, 1.54) is 22.3 Å². The van der Waals surface area contributed by atoms with E-state index in [4.69, 9.17) is 4.74 Å². The van der Waals surface area contributed by atoms with Crippen molar-refractivity contribution in [2.75, 3.05) is 13.2 Å². The molecule has 0 spiro atoms. The summed E-state index contributed by atoms with van der Waals surface area (Å²) in [5.41, 5.74) is 5.14. The average molecular weight is 243 g/mol. The van der Waals surface area contributed by atoms with E-state index in [0.717, 1.165) is 6.42 Å². The molecule has 1 atom stereocenters. The second-order valence-corrected chi connectivity index (χ2v) is 5.49. The summed E-state index contributed by atoms with van der Waals surface area (Å²) < 4.78 is 5.45. The third kappa shape index (κ3) is 1.83. The van der Waals surface area contributed by atoms with E-state index in [1.54, 1.807) is 0 Å². The van der Waals surface area contributed by atoms with Gasteiger partial charge in [0.2, 0.25) is 0 Å². The molecule has 0 bridgehead atoms. The second-order valence-electron chi connectivity index (χ2n) is 5.49. The van der Waals surface area contributed by atoms with Gasteiger partial charge in [-0.25, -0.2) is 0 Å². The molecule has 18 heavy (non-hydrogen) atoms. The Bertz CT molecular complexity index is 495. The Morgan fingerprint density at radius 1 is 1.22 bits per heavy atom. The van der Waals surface area contributed by atoms with Crippen LogP contribution in [-0.4, -0.2) is 13.2 Å². The van der Waals surface area contributed by atoms with Crippen molar-refractivity contribution >= 4 is 0 Å². The molecule has 1 aliphatic rings. The number of ether oxygens (including phenoxy) is 1. The van der Waals surface area contributed by atoms with Crippen LogP contribution in [0.5, 0.6) is 0 Å². The zero-order chi connectivity index (χ0) is 13.3. The number of nitriles is 1. The van der Waals surface area contributed by atoms with Crippen LogP contribution in [0.1, 0.15) is 35.6 Å². The second kappa shape index (κ2) is 4.74. The summed E-state index contributed by atoms with van der Waals surface area (Å²) in [6.45, 7) is 9.87. The van der Waals surface area contributed by atoms with Crippen molar-refractivity contribution in [3.8, 4) is 6.07 Å². The fraction of sp³-hybridized carbons (Fsp3) is 0.562. The van der Waals surface area contributed by atoms with E-state index < -0.39 is 0 Å².